The number of halogens is 1. The van der Waals surface area contributed by atoms with Crippen molar-refractivity contribution in [2.75, 3.05) is 23.8 Å². The monoisotopic (exact) mass is 424 g/mol. The van der Waals surface area contributed by atoms with Crippen LogP contribution in [0.4, 0.5) is 5.69 Å². The Morgan fingerprint density at radius 3 is 2.54 bits per heavy atom. The summed E-state index contributed by atoms with van der Waals surface area (Å²) < 4.78 is 36.9. The van der Waals surface area contributed by atoms with Crippen LogP contribution in [-0.2, 0) is 21.4 Å². The second-order valence-corrected chi connectivity index (χ2v) is 8.64. The molecule has 3 rings (SSSR count). The van der Waals surface area contributed by atoms with Gasteiger partial charge in [0.1, 0.15) is 19.3 Å². The first kappa shape index (κ1) is 20.3. The third-order valence-corrected chi connectivity index (χ3v) is 5.89. The van der Waals surface area contributed by atoms with Crippen molar-refractivity contribution in [1.82, 2.24) is 5.32 Å². The molecule has 1 atom stereocenters. The summed E-state index contributed by atoms with van der Waals surface area (Å²) in [7, 11) is -3.73. The van der Waals surface area contributed by atoms with E-state index >= 15 is 0 Å². The average Bonchev–Trinajstić information content (AvgIpc) is 2.66. The predicted molar refractivity (Wildman–Crippen MR) is 108 cm³/mol. The number of hydrogen-bond donors (Lipinski definition) is 1. The van der Waals surface area contributed by atoms with Gasteiger partial charge in [-0.2, -0.15) is 0 Å². The van der Waals surface area contributed by atoms with Gasteiger partial charge in [-0.3, -0.25) is 9.10 Å². The molecule has 0 radical (unpaired) electrons. The first-order chi connectivity index (χ1) is 13.3. The molecule has 1 amide bonds. The molecule has 0 aromatic heterocycles. The van der Waals surface area contributed by atoms with Crippen molar-refractivity contribution in [2.45, 2.75) is 19.5 Å². The number of carbonyl (C=O) groups is 1. The van der Waals surface area contributed by atoms with Gasteiger partial charge in [0.25, 0.3) is 0 Å². The Kier molecular flexibility index (Phi) is 6.00. The largest absolute Gasteiger partial charge is 0.486 e. The summed E-state index contributed by atoms with van der Waals surface area (Å²) in [6.45, 7) is 2.54. The van der Waals surface area contributed by atoms with Crippen LogP contribution in [0, 0.1) is 0 Å². The molecule has 7 nitrogen and oxygen atoms in total. The highest BCUT2D eigenvalue weighted by atomic mass is 35.5. The molecule has 1 N–H and O–H groups in total. The number of sulfonamides is 1. The van der Waals surface area contributed by atoms with Gasteiger partial charge in [0.05, 0.1) is 11.9 Å². The van der Waals surface area contributed by atoms with Crippen molar-refractivity contribution in [3.05, 3.63) is 53.1 Å². The van der Waals surface area contributed by atoms with Crippen LogP contribution in [0.1, 0.15) is 12.5 Å². The van der Waals surface area contributed by atoms with Gasteiger partial charge in [-0.15, -0.1) is 0 Å². The molecule has 1 aliphatic rings. The molecule has 2 aromatic carbocycles. The second-order valence-electron chi connectivity index (χ2n) is 6.37. The minimum Gasteiger partial charge on any atom is -0.486 e. The number of anilines is 1. The van der Waals surface area contributed by atoms with E-state index in [-0.39, 0.29) is 6.54 Å². The number of carbonyl (C=O) groups excluding carboxylic acids is 1. The highest BCUT2D eigenvalue weighted by molar-refractivity contribution is 7.92. The summed E-state index contributed by atoms with van der Waals surface area (Å²) in [5, 5.41) is 3.27. The van der Waals surface area contributed by atoms with Crippen LogP contribution < -0.4 is 19.1 Å². The summed E-state index contributed by atoms with van der Waals surface area (Å²) in [5.41, 5.74) is 1.07. The van der Waals surface area contributed by atoms with Crippen molar-refractivity contribution in [3.63, 3.8) is 0 Å². The lowest BCUT2D eigenvalue weighted by Crippen LogP contribution is -2.47. The Hall–Kier alpha value is -2.45. The average molecular weight is 425 g/mol. The Balaban J connectivity index is 1.81. The normalized spacial score (nSPS) is 14.2. The molecular weight excluding hydrogens is 404 g/mol. The molecule has 1 heterocycles. The standard InChI is InChI=1S/C19H21ClN2O5S/c1-13(19(23)21-12-14-5-3-4-6-16(14)20)22(28(2,24)25)15-7-8-17-18(11-15)27-10-9-26-17/h3-8,11,13H,9-10,12H2,1-2H3,(H,21,23)/t13-/m1/s1. The van der Waals surface area contributed by atoms with E-state index in [4.69, 9.17) is 21.1 Å². The van der Waals surface area contributed by atoms with Gasteiger partial charge < -0.3 is 14.8 Å². The highest BCUT2D eigenvalue weighted by Crippen LogP contribution is 2.35. The molecule has 1 aliphatic heterocycles. The molecule has 28 heavy (non-hydrogen) atoms. The van der Waals surface area contributed by atoms with Crippen LogP contribution in [-0.4, -0.2) is 39.8 Å². The molecular formula is C19H21ClN2O5S. The third-order valence-electron chi connectivity index (χ3n) is 4.28. The third kappa shape index (κ3) is 4.51. The fraction of sp³-hybridized carbons (Fsp3) is 0.316. The lowest BCUT2D eigenvalue weighted by molar-refractivity contribution is -0.122. The topological polar surface area (TPSA) is 84.9 Å². The van der Waals surface area contributed by atoms with E-state index in [1.807, 2.05) is 6.07 Å². The van der Waals surface area contributed by atoms with Crippen molar-refractivity contribution in [3.8, 4) is 11.5 Å². The summed E-state index contributed by atoms with van der Waals surface area (Å²) in [6.07, 6.45) is 1.06. The van der Waals surface area contributed by atoms with Crippen molar-refractivity contribution >= 4 is 33.2 Å². The maximum Gasteiger partial charge on any atom is 0.243 e. The summed E-state index contributed by atoms with van der Waals surface area (Å²) in [6, 6.07) is 10.9. The minimum absolute atomic E-state index is 0.196. The molecule has 0 spiro atoms. The highest BCUT2D eigenvalue weighted by Gasteiger charge is 2.30. The van der Waals surface area contributed by atoms with E-state index in [0.29, 0.717) is 35.4 Å². The van der Waals surface area contributed by atoms with Crippen molar-refractivity contribution in [1.29, 1.82) is 0 Å². The van der Waals surface area contributed by atoms with Crippen LogP contribution in [0.25, 0.3) is 0 Å². The fourth-order valence-corrected chi connectivity index (χ4v) is 4.32. The van der Waals surface area contributed by atoms with Crippen LogP contribution in [0.3, 0.4) is 0 Å². The lowest BCUT2D eigenvalue weighted by atomic mass is 10.2. The Labute approximate surface area is 169 Å². The van der Waals surface area contributed by atoms with Crippen LogP contribution in [0.5, 0.6) is 11.5 Å². The van der Waals surface area contributed by atoms with Crippen LogP contribution >= 0.6 is 11.6 Å². The molecule has 2 aromatic rings. The van der Waals surface area contributed by atoms with Gasteiger partial charge in [-0.1, -0.05) is 29.8 Å². The number of benzene rings is 2. The first-order valence-corrected chi connectivity index (χ1v) is 10.9. The number of rotatable bonds is 6. The molecule has 0 bridgehead atoms. The van der Waals surface area contributed by atoms with E-state index in [1.54, 1.807) is 36.4 Å². The molecule has 0 fully saturated rings. The van der Waals surface area contributed by atoms with Gasteiger partial charge in [0.15, 0.2) is 11.5 Å². The fourth-order valence-electron chi connectivity index (χ4n) is 2.95. The van der Waals surface area contributed by atoms with Crippen molar-refractivity contribution in [2.24, 2.45) is 0 Å². The molecule has 150 valence electrons. The van der Waals surface area contributed by atoms with Gasteiger partial charge in [-0.25, -0.2) is 8.42 Å². The molecule has 0 saturated carbocycles. The summed E-state index contributed by atoms with van der Waals surface area (Å²) >= 11 is 6.10. The zero-order chi connectivity index (χ0) is 20.3. The van der Waals surface area contributed by atoms with E-state index < -0.39 is 22.0 Å². The number of ether oxygens (including phenoxy) is 2. The Morgan fingerprint density at radius 1 is 1.18 bits per heavy atom. The number of nitrogens with one attached hydrogen (secondary N) is 1. The quantitative estimate of drug-likeness (QED) is 0.770. The molecule has 0 unspecified atom stereocenters. The van der Waals surface area contributed by atoms with Gasteiger partial charge >= 0.3 is 0 Å². The van der Waals surface area contributed by atoms with E-state index in [1.165, 1.54) is 6.92 Å². The molecule has 0 aliphatic carbocycles. The van der Waals surface area contributed by atoms with Gasteiger partial charge in [0, 0.05) is 17.6 Å². The first-order valence-electron chi connectivity index (χ1n) is 8.67. The smallest absolute Gasteiger partial charge is 0.243 e. The molecule has 9 heteroatoms. The van der Waals surface area contributed by atoms with Gasteiger partial charge in [0.2, 0.25) is 15.9 Å². The summed E-state index contributed by atoms with van der Waals surface area (Å²) in [5.74, 6) is 0.542. The number of amides is 1. The Bertz CT molecular complexity index is 980. The van der Waals surface area contributed by atoms with Crippen molar-refractivity contribution < 1.29 is 22.7 Å². The minimum atomic E-state index is -3.73. The predicted octanol–water partition coefficient (Wildman–Crippen LogP) is 2.58. The summed E-state index contributed by atoms with van der Waals surface area (Å²) in [4.78, 5) is 12.7. The molecule has 0 saturated heterocycles. The van der Waals surface area contributed by atoms with E-state index in [0.717, 1.165) is 16.1 Å². The Morgan fingerprint density at radius 2 is 1.86 bits per heavy atom. The number of hydrogen-bond acceptors (Lipinski definition) is 5. The van der Waals surface area contributed by atoms with Gasteiger partial charge in [-0.05, 0) is 30.7 Å². The second kappa shape index (κ2) is 8.28. The van der Waals surface area contributed by atoms with Crippen LogP contribution in [0.15, 0.2) is 42.5 Å². The maximum absolute atomic E-state index is 12.7. The zero-order valence-electron chi connectivity index (χ0n) is 15.5. The van der Waals surface area contributed by atoms with Crippen LogP contribution in [0.2, 0.25) is 5.02 Å². The SMILES string of the molecule is C[C@H](C(=O)NCc1ccccc1Cl)N(c1ccc2c(c1)OCCO2)S(C)(=O)=O. The number of nitrogens with zero attached hydrogens (tertiary/aromatic N) is 1. The van der Waals surface area contributed by atoms with E-state index in [2.05, 4.69) is 5.32 Å². The maximum atomic E-state index is 12.7. The lowest BCUT2D eigenvalue weighted by Gasteiger charge is -2.29. The number of fused-ring (bicyclic) bond motifs is 1. The van der Waals surface area contributed by atoms with E-state index in [9.17, 15) is 13.2 Å². The zero-order valence-corrected chi connectivity index (χ0v) is 17.1.